The molecule has 4 N–H and O–H groups in total. The fraction of sp³-hybridized carbons (Fsp3) is 0.615. The molecule has 0 atom stereocenters. The molecule has 1 saturated heterocycles. The van der Waals surface area contributed by atoms with Crippen LogP contribution in [0.15, 0.2) is 30.3 Å². The number of benzene rings is 1. The van der Waals surface area contributed by atoms with E-state index < -0.39 is 40.1 Å². The molecule has 0 radical (unpaired) electrons. The second-order valence-corrected chi connectivity index (χ2v) is 11.5. The van der Waals surface area contributed by atoms with Gasteiger partial charge in [0.1, 0.15) is 16.7 Å². The second kappa shape index (κ2) is 10.5. The Morgan fingerprint density at radius 1 is 0.972 bits per heavy atom. The van der Waals surface area contributed by atoms with E-state index in [1.54, 1.807) is 67.6 Å². The zero-order valence-corrected chi connectivity index (χ0v) is 22.7. The van der Waals surface area contributed by atoms with E-state index in [1.807, 2.05) is 18.2 Å². The van der Waals surface area contributed by atoms with Crippen LogP contribution in [0.1, 0.15) is 61.3 Å². The molecule has 1 fully saturated rings. The number of likely N-dealkylation sites (tertiary alicyclic amines) is 1. The lowest BCUT2D eigenvalue weighted by Crippen LogP contribution is -2.70. The van der Waals surface area contributed by atoms with Crippen molar-refractivity contribution in [2.24, 2.45) is 5.73 Å². The van der Waals surface area contributed by atoms with Crippen molar-refractivity contribution in [3.63, 3.8) is 0 Å². The molecule has 1 aromatic rings. The molecule has 2 rings (SSSR count). The van der Waals surface area contributed by atoms with Gasteiger partial charge in [0.05, 0.1) is 5.54 Å². The quantitative estimate of drug-likeness (QED) is 0.545. The minimum absolute atomic E-state index is 0.138. The molecule has 1 aliphatic rings. The summed E-state index contributed by atoms with van der Waals surface area (Å²) in [5.41, 5.74) is 2.16. The van der Waals surface area contributed by atoms with Gasteiger partial charge in [-0.05, 0) is 73.4 Å². The summed E-state index contributed by atoms with van der Waals surface area (Å²) in [5, 5.41) is 5.66. The summed E-state index contributed by atoms with van der Waals surface area (Å²) in [7, 11) is 1.64. The molecular formula is C26H41N5O5. The number of nitrogens with two attached hydrogens (primary N) is 1. The summed E-state index contributed by atoms with van der Waals surface area (Å²) >= 11 is 0. The number of carbonyl (C=O) groups is 4. The Kier molecular flexibility index (Phi) is 8.45. The molecule has 0 saturated carbocycles. The maximum Gasteiger partial charge on any atom is 0.410 e. The topological polar surface area (TPSA) is 134 Å². The van der Waals surface area contributed by atoms with Crippen LogP contribution in [0.4, 0.5) is 10.5 Å². The molecule has 0 unspecified atom stereocenters. The molecule has 36 heavy (non-hydrogen) atoms. The van der Waals surface area contributed by atoms with Gasteiger partial charge < -0.3 is 30.9 Å². The van der Waals surface area contributed by atoms with Crippen LogP contribution in [0.25, 0.3) is 0 Å². The van der Waals surface area contributed by atoms with E-state index in [2.05, 4.69) is 10.6 Å². The number of ether oxygens (including phenoxy) is 1. The molecule has 10 heteroatoms. The highest BCUT2D eigenvalue weighted by atomic mass is 16.6. The first-order valence-corrected chi connectivity index (χ1v) is 12.1. The molecule has 1 heterocycles. The Labute approximate surface area is 213 Å². The van der Waals surface area contributed by atoms with Crippen LogP contribution in [0.2, 0.25) is 0 Å². The fourth-order valence-electron chi connectivity index (χ4n) is 3.83. The lowest BCUT2D eigenvalue weighted by atomic mass is 9.84. The number of amides is 4. The molecule has 0 spiro atoms. The van der Waals surface area contributed by atoms with Crippen molar-refractivity contribution >= 4 is 29.5 Å². The highest BCUT2D eigenvalue weighted by Crippen LogP contribution is 2.27. The summed E-state index contributed by atoms with van der Waals surface area (Å²) in [6, 6.07) is 9.09. The van der Waals surface area contributed by atoms with Gasteiger partial charge in [0, 0.05) is 25.8 Å². The Morgan fingerprint density at radius 2 is 1.50 bits per heavy atom. The number of carbonyl (C=O) groups excluding carboxylic acids is 4. The van der Waals surface area contributed by atoms with Crippen LogP contribution in [-0.4, -0.2) is 71.1 Å². The van der Waals surface area contributed by atoms with Gasteiger partial charge in [-0.25, -0.2) is 4.79 Å². The molecular weight excluding hydrogens is 462 g/mol. The zero-order valence-electron chi connectivity index (χ0n) is 22.7. The van der Waals surface area contributed by atoms with E-state index in [9.17, 15) is 19.2 Å². The third-order valence-electron chi connectivity index (χ3n) is 6.05. The molecule has 0 aromatic heterocycles. The van der Waals surface area contributed by atoms with E-state index in [0.717, 1.165) is 0 Å². The Balaban J connectivity index is 2.25. The molecule has 1 aromatic carbocycles. The molecule has 0 aliphatic carbocycles. The van der Waals surface area contributed by atoms with E-state index in [-0.39, 0.29) is 31.8 Å². The number of anilines is 1. The van der Waals surface area contributed by atoms with Gasteiger partial charge in [-0.3, -0.25) is 14.4 Å². The minimum atomic E-state index is -1.35. The monoisotopic (exact) mass is 503 g/mol. The number of likely N-dealkylation sites (N-methyl/N-ethyl adjacent to an activating group) is 1. The first-order valence-electron chi connectivity index (χ1n) is 12.1. The lowest BCUT2D eigenvalue weighted by Gasteiger charge is -2.43. The van der Waals surface area contributed by atoms with Gasteiger partial charge in [0.2, 0.25) is 11.8 Å². The van der Waals surface area contributed by atoms with Crippen molar-refractivity contribution in [3.05, 3.63) is 30.3 Å². The van der Waals surface area contributed by atoms with Crippen molar-refractivity contribution in [2.75, 3.05) is 25.0 Å². The standard InChI is InChI=1S/C26H41N5O5/c1-23(2,3)36-22(35)31-16-14-26(15-17-31,29-19(32)24(4,5)27)20(33)28-25(6,7)21(34)30(8)18-12-10-9-11-13-18/h9-13H,14-17,27H2,1-8H3,(H,28,33)(H,29,32). The van der Waals surface area contributed by atoms with Gasteiger partial charge >= 0.3 is 6.09 Å². The van der Waals surface area contributed by atoms with Gasteiger partial charge in [0.25, 0.3) is 5.91 Å². The number of hydrogen-bond acceptors (Lipinski definition) is 6. The lowest BCUT2D eigenvalue weighted by molar-refractivity contribution is -0.140. The number of para-hydroxylation sites is 1. The number of nitrogens with zero attached hydrogens (tertiary/aromatic N) is 2. The molecule has 10 nitrogen and oxygen atoms in total. The normalized spacial score (nSPS) is 16.1. The van der Waals surface area contributed by atoms with Crippen LogP contribution >= 0.6 is 0 Å². The first kappa shape index (κ1) is 29.1. The van der Waals surface area contributed by atoms with Crippen LogP contribution in [0.3, 0.4) is 0 Å². The van der Waals surface area contributed by atoms with Crippen molar-refractivity contribution < 1.29 is 23.9 Å². The number of nitrogens with one attached hydrogen (secondary N) is 2. The van der Waals surface area contributed by atoms with E-state index in [1.165, 1.54) is 9.80 Å². The number of rotatable bonds is 6. The second-order valence-electron chi connectivity index (χ2n) is 11.5. The minimum Gasteiger partial charge on any atom is -0.444 e. The van der Waals surface area contributed by atoms with Crippen LogP contribution in [0.5, 0.6) is 0 Å². The van der Waals surface area contributed by atoms with E-state index in [0.29, 0.717) is 5.69 Å². The van der Waals surface area contributed by atoms with Gasteiger partial charge in [-0.2, -0.15) is 0 Å². The summed E-state index contributed by atoms with van der Waals surface area (Å²) in [4.78, 5) is 55.3. The highest BCUT2D eigenvalue weighted by Gasteiger charge is 2.48. The van der Waals surface area contributed by atoms with Gasteiger partial charge in [0.15, 0.2) is 0 Å². The summed E-state index contributed by atoms with van der Waals surface area (Å²) in [6.45, 7) is 12.0. The number of piperidine rings is 1. The summed E-state index contributed by atoms with van der Waals surface area (Å²) < 4.78 is 5.45. The maximum atomic E-state index is 13.7. The van der Waals surface area contributed by atoms with Crippen LogP contribution in [0, 0.1) is 0 Å². The third kappa shape index (κ3) is 7.19. The Morgan fingerprint density at radius 3 is 1.97 bits per heavy atom. The average molecular weight is 504 g/mol. The molecule has 200 valence electrons. The largest absolute Gasteiger partial charge is 0.444 e. The third-order valence-corrected chi connectivity index (χ3v) is 6.05. The predicted octanol–water partition coefficient (Wildman–Crippen LogP) is 2.17. The van der Waals surface area contributed by atoms with E-state index >= 15 is 0 Å². The maximum absolute atomic E-state index is 13.7. The van der Waals surface area contributed by atoms with Crippen molar-refractivity contribution in [1.82, 2.24) is 15.5 Å². The first-order chi connectivity index (χ1) is 16.4. The molecule has 1 aliphatic heterocycles. The Bertz CT molecular complexity index is 971. The average Bonchev–Trinajstić information content (AvgIpc) is 2.77. The number of hydrogen-bond donors (Lipinski definition) is 3. The fourth-order valence-corrected chi connectivity index (χ4v) is 3.83. The van der Waals surface area contributed by atoms with Crippen LogP contribution < -0.4 is 21.3 Å². The van der Waals surface area contributed by atoms with Crippen molar-refractivity contribution in [2.45, 2.75) is 83.5 Å². The van der Waals surface area contributed by atoms with Crippen molar-refractivity contribution in [3.8, 4) is 0 Å². The van der Waals surface area contributed by atoms with Crippen LogP contribution in [-0.2, 0) is 19.1 Å². The van der Waals surface area contributed by atoms with Gasteiger partial charge in [-0.15, -0.1) is 0 Å². The Hall–Kier alpha value is -3.14. The van der Waals surface area contributed by atoms with Crippen molar-refractivity contribution in [1.29, 1.82) is 0 Å². The smallest absolute Gasteiger partial charge is 0.410 e. The van der Waals surface area contributed by atoms with Gasteiger partial charge in [-0.1, -0.05) is 18.2 Å². The summed E-state index contributed by atoms with van der Waals surface area (Å²) in [5.74, 6) is -1.34. The highest BCUT2D eigenvalue weighted by molar-refractivity contribution is 6.03. The predicted molar refractivity (Wildman–Crippen MR) is 138 cm³/mol. The SMILES string of the molecule is CN(C(=O)C(C)(C)NC(=O)C1(NC(=O)C(C)(C)N)CCN(C(=O)OC(C)(C)C)CC1)c1ccccc1. The summed E-state index contributed by atoms with van der Waals surface area (Å²) in [6.07, 6.45) is -0.209. The zero-order chi connectivity index (χ0) is 27.5. The van der Waals surface area contributed by atoms with E-state index in [4.69, 9.17) is 10.5 Å². The molecule has 0 bridgehead atoms. The molecule has 4 amide bonds.